The van der Waals surface area contributed by atoms with Gasteiger partial charge >= 0.3 is 0 Å². The lowest BCUT2D eigenvalue weighted by molar-refractivity contribution is 0.102. The molecule has 0 atom stereocenters. The summed E-state index contributed by atoms with van der Waals surface area (Å²) in [4.78, 5) is 16.6. The Morgan fingerprint density at radius 1 is 1.09 bits per heavy atom. The van der Waals surface area contributed by atoms with Crippen LogP contribution in [0.5, 0.6) is 0 Å². The second kappa shape index (κ2) is 5.30. The topological polar surface area (TPSA) is 46.4 Å². The number of carbonyl (C=O) groups excluding carboxylic acids is 1. The molecule has 2 heterocycles. The van der Waals surface area contributed by atoms with Crippen molar-refractivity contribution in [3.8, 4) is 0 Å². The third-order valence-electron chi connectivity index (χ3n) is 3.67. The average molecular weight is 293 g/mol. The van der Waals surface area contributed by atoms with E-state index in [1.54, 1.807) is 22.9 Å². The number of carbonyl (C=O) groups is 1. The smallest absolute Gasteiger partial charge is 0.272 e. The Morgan fingerprint density at radius 2 is 1.82 bits per heavy atom. The number of hydrogen-bond acceptors (Lipinski definition) is 2. The molecule has 0 saturated heterocycles. The molecule has 0 fully saturated rings. The number of hydrogen-bond donors (Lipinski definition) is 1. The largest absolute Gasteiger partial charge is 0.321 e. The van der Waals surface area contributed by atoms with Crippen molar-refractivity contribution >= 4 is 17.2 Å². The highest BCUT2D eigenvalue weighted by atomic mass is 16.1. The second-order valence-corrected chi connectivity index (χ2v) is 6.35. The number of rotatable bonds is 2. The van der Waals surface area contributed by atoms with Crippen LogP contribution in [0.1, 0.15) is 36.8 Å². The first-order valence-electron chi connectivity index (χ1n) is 7.29. The Hall–Kier alpha value is -2.62. The summed E-state index contributed by atoms with van der Waals surface area (Å²) in [6.45, 7) is 6.50. The number of aromatic nitrogens is 2. The maximum absolute atomic E-state index is 12.4. The molecular weight excluding hydrogens is 274 g/mol. The van der Waals surface area contributed by atoms with Crippen LogP contribution in [0, 0.1) is 0 Å². The van der Waals surface area contributed by atoms with Crippen molar-refractivity contribution in [3.63, 3.8) is 0 Å². The first-order chi connectivity index (χ1) is 10.4. The zero-order chi connectivity index (χ0) is 15.7. The van der Waals surface area contributed by atoms with E-state index in [4.69, 9.17) is 0 Å². The second-order valence-electron chi connectivity index (χ2n) is 6.35. The maximum Gasteiger partial charge on any atom is 0.272 e. The molecule has 1 amide bonds. The van der Waals surface area contributed by atoms with Crippen molar-refractivity contribution in [1.82, 2.24) is 9.38 Å². The maximum atomic E-state index is 12.4. The fourth-order valence-corrected chi connectivity index (χ4v) is 2.38. The molecule has 1 N–H and O–H groups in total. The highest BCUT2D eigenvalue weighted by molar-refractivity contribution is 6.03. The van der Waals surface area contributed by atoms with Crippen LogP contribution < -0.4 is 5.32 Å². The molecule has 22 heavy (non-hydrogen) atoms. The summed E-state index contributed by atoms with van der Waals surface area (Å²) in [5, 5.41) is 2.93. The van der Waals surface area contributed by atoms with Crippen LogP contribution in [-0.4, -0.2) is 15.3 Å². The van der Waals surface area contributed by atoms with Crippen LogP contribution in [0.3, 0.4) is 0 Å². The molecule has 2 aromatic heterocycles. The quantitative estimate of drug-likeness (QED) is 0.779. The Morgan fingerprint density at radius 3 is 2.50 bits per heavy atom. The number of nitrogens with zero attached hydrogens (tertiary/aromatic N) is 2. The van der Waals surface area contributed by atoms with Crippen LogP contribution in [0.2, 0.25) is 0 Å². The lowest BCUT2D eigenvalue weighted by atomic mass is 9.87. The summed E-state index contributed by atoms with van der Waals surface area (Å²) in [5.41, 5.74) is 3.45. The van der Waals surface area contributed by atoms with Crippen molar-refractivity contribution < 1.29 is 4.79 Å². The number of pyridine rings is 1. The molecule has 1 aromatic carbocycles. The van der Waals surface area contributed by atoms with Crippen LogP contribution in [0.25, 0.3) is 5.65 Å². The molecule has 4 heteroatoms. The van der Waals surface area contributed by atoms with E-state index in [2.05, 4.69) is 31.1 Å². The summed E-state index contributed by atoms with van der Waals surface area (Å²) in [6.07, 6.45) is 3.47. The minimum Gasteiger partial charge on any atom is -0.321 e. The molecule has 0 aliphatic heterocycles. The number of nitrogens with one attached hydrogen (secondary N) is 1. The van der Waals surface area contributed by atoms with Gasteiger partial charge in [0.05, 0.1) is 0 Å². The zero-order valence-electron chi connectivity index (χ0n) is 13.0. The van der Waals surface area contributed by atoms with E-state index in [1.165, 1.54) is 5.56 Å². The van der Waals surface area contributed by atoms with Gasteiger partial charge in [-0.2, -0.15) is 0 Å². The normalized spacial score (nSPS) is 11.6. The molecular formula is C18H19N3O. The minimum absolute atomic E-state index is 0.102. The summed E-state index contributed by atoms with van der Waals surface area (Å²) in [7, 11) is 0. The fourth-order valence-electron chi connectivity index (χ4n) is 2.38. The fraction of sp³-hybridized carbons (Fsp3) is 0.222. The zero-order valence-corrected chi connectivity index (χ0v) is 13.0. The van der Waals surface area contributed by atoms with Crippen LogP contribution >= 0.6 is 0 Å². The Bertz CT molecular complexity index is 810. The molecule has 0 saturated carbocycles. The van der Waals surface area contributed by atoms with E-state index in [0.29, 0.717) is 5.69 Å². The molecule has 0 spiro atoms. The number of amides is 1. The third kappa shape index (κ3) is 2.72. The summed E-state index contributed by atoms with van der Waals surface area (Å²) in [6, 6.07) is 13.5. The van der Waals surface area contributed by atoms with E-state index in [-0.39, 0.29) is 11.3 Å². The Balaban J connectivity index is 1.84. The number of benzene rings is 1. The standard InChI is InChI=1S/C18H19N3O/c1-18(2,3)13-7-9-14(10-8-13)20-17(22)15-5-4-6-16-19-11-12-21(15)16/h4-12H,1-3H3,(H,20,22). The molecule has 3 rings (SSSR count). The predicted octanol–water partition coefficient (Wildman–Crippen LogP) is 3.88. The average Bonchev–Trinajstić information content (AvgIpc) is 2.95. The lowest BCUT2D eigenvalue weighted by Gasteiger charge is -2.19. The van der Waals surface area contributed by atoms with E-state index in [9.17, 15) is 4.79 Å². The van der Waals surface area contributed by atoms with Gasteiger partial charge in [0.2, 0.25) is 0 Å². The molecule has 0 aliphatic rings. The first-order valence-corrected chi connectivity index (χ1v) is 7.29. The van der Waals surface area contributed by atoms with E-state index in [0.717, 1.165) is 11.3 Å². The van der Waals surface area contributed by atoms with Crippen LogP contribution in [-0.2, 0) is 5.41 Å². The molecule has 0 aliphatic carbocycles. The van der Waals surface area contributed by atoms with Crippen molar-refractivity contribution in [2.24, 2.45) is 0 Å². The highest BCUT2D eigenvalue weighted by Crippen LogP contribution is 2.23. The van der Waals surface area contributed by atoms with E-state index < -0.39 is 0 Å². The summed E-state index contributed by atoms with van der Waals surface area (Å²) in [5.74, 6) is -0.146. The molecule has 0 radical (unpaired) electrons. The van der Waals surface area contributed by atoms with Crippen molar-refractivity contribution in [2.75, 3.05) is 5.32 Å². The number of fused-ring (bicyclic) bond motifs is 1. The van der Waals surface area contributed by atoms with Crippen molar-refractivity contribution in [1.29, 1.82) is 0 Å². The third-order valence-corrected chi connectivity index (χ3v) is 3.67. The van der Waals surface area contributed by atoms with Gasteiger partial charge < -0.3 is 5.32 Å². The highest BCUT2D eigenvalue weighted by Gasteiger charge is 2.14. The summed E-state index contributed by atoms with van der Waals surface area (Å²) >= 11 is 0. The Kier molecular flexibility index (Phi) is 3.45. The van der Waals surface area contributed by atoms with Gasteiger partial charge in [-0.3, -0.25) is 9.20 Å². The van der Waals surface area contributed by atoms with Crippen LogP contribution in [0.4, 0.5) is 5.69 Å². The van der Waals surface area contributed by atoms with Crippen molar-refractivity contribution in [2.45, 2.75) is 26.2 Å². The molecule has 3 aromatic rings. The minimum atomic E-state index is -0.146. The molecule has 4 nitrogen and oxygen atoms in total. The van der Waals surface area contributed by atoms with Gasteiger partial charge in [0.25, 0.3) is 5.91 Å². The lowest BCUT2D eigenvalue weighted by Crippen LogP contribution is -2.16. The van der Waals surface area contributed by atoms with Gasteiger partial charge in [-0.15, -0.1) is 0 Å². The van der Waals surface area contributed by atoms with Crippen LogP contribution in [0.15, 0.2) is 54.9 Å². The predicted molar refractivity (Wildman–Crippen MR) is 88.3 cm³/mol. The monoisotopic (exact) mass is 293 g/mol. The molecule has 112 valence electrons. The summed E-state index contributed by atoms with van der Waals surface area (Å²) < 4.78 is 1.78. The van der Waals surface area contributed by atoms with Gasteiger partial charge in [0.1, 0.15) is 11.3 Å². The molecule has 0 bridgehead atoms. The van der Waals surface area contributed by atoms with Gasteiger partial charge in [0, 0.05) is 18.1 Å². The number of anilines is 1. The Labute approximate surface area is 129 Å². The molecule has 0 unspecified atom stereocenters. The van der Waals surface area contributed by atoms with Crippen molar-refractivity contribution in [3.05, 3.63) is 66.1 Å². The first kappa shape index (κ1) is 14.3. The van der Waals surface area contributed by atoms with Gasteiger partial charge in [-0.1, -0.05) is 39.0 Å². The van der Waals surface area contributed by atoms with Gasteiger partial charge in [-0.25, -0.2) is 4.98 Å². The van der Waals surface area contributed by atoms with Gasteiger partial charge in [-0.05, 0) is 35.2 Å². The SMILES string of the molecule is CC(C)(C)c1ccc(NC(=O)c2cccc3nccn23)cc1. The van der Waals surface area contributed by atoms with Gasteiger partial charge in [0.15, 0.2) is 0 Å². The number of imidazole rings is 1. The van der Waals surface area contributed by atoms with E-state index >= 15 is 0 Å². The van der Waals surface area contributed by atoms with E-state index in [1.807, 2.05) is 36.4 Å².